The fraction of sp³-hybridized carbons (Fsp3) is 0.800. The Hall–Kier alpha value is -0.690. The van der Waals surface area contributed by atoms with Gasteiger partial charge in [0.1, 0.15) is 0 Å². The first-order valence-corrected chi connectivity index (χ1v) is 8.47. The number of ether oxygens (including phenoxy) is 2. The molecule has 0 spiro atoms. The van der Waals surface area contributed by atoms with Crippen LogP contribution in [-0.2, 0) is 22.6 Å². The van der Waals surface area contributed by atoms with E-state index >= 15 is 0 Å². The molecule has 0 fully saturated rings. The van der Waals surface area contributed by atoms with Gasteiger partial charge in [-0.25, -0.2) is 4.98 Å². The highest BCUT2D eigenvalue weighted by Gasteiger charge is 2.15. The molecule has 1 aromatic rings. The van der Waals surface area contributed by atoms with Crippen LogP contribution >= 0.6 is 11.3 Å². The summed E-state index contributed by atoms with van der Waals surface area (Å²) in [6, 6.07) is 0.464. The summed E-state index contributed by atoms with van der Waals surface area (Å²) in [5, 5.41) is 4.51. The third-order valence-electron chi connectivity index (χ3n) is 3.08. The summed E-state index contributed by atoms with van der Waals surface area (Å²) in [5.41, 5.74) is 1.04. The van der Waals surface area contributed by atoms with E-state index in [1.54, 1.807) is 18.4 Å². The van der Waals surface area contributed by atoms with Crippen LogP contribution in [-0.4, -0.2) is 44.4 Å². The fourth-order valence-electron chi connectivity index (χ4n) is 1.90. The summed E-state index contributed by atoms with van der Waals surface area (Å²) in [6.45, 7) is 13.2. The predicted octanol–water partition coefficient (Wildman–Crippen LogP) is 2.65. The van der Waals surface area contributed by atoms with Crippen LogP contribution in [0.4, 0.5) is 5.13 Å². The Morgan fingerprint density at radius 3 is 2.67 bits per heavy atom. The van der Waals surface area contributed by atoms with Gasteiger partial charge in [-0.05, 0) is 13.8 Å². The third-order valence-corrected chi connectivity index (χ3v) is 4.24. The molecule has 0 saturated heterocycles. The summed E-state index contributed by atoms with van der Waals surface area (Å²) in [4.78, 5) is 8.27. The zero-order chi connectivity index (χ0) is 15.7. The van der Waals surface area contributed by atoms with E-state index in [9.17, 15) is 0 Å². The third kappa shape index (κ3) is 6.30. The highest BCUT2D eigenvalue weighted by atomic mass is 32.1. The van der Waals surface area contributed by atoms with E-state index in [2.05, 4.69) is 31.0 Å². The van der Waals surface area contributed by atoms with Crippen molar-refractivity contribution in [3.05, 3.63) is 10.6 Å². The van der Waals surface area contributed by atoms with E-state index in [1.807, 2.05) is 6.92 Å². The van der Waals surface area contributed by atoms with E-state index in [-0.39, 0.29) is 0 Å². The number of anilines is 1. The van der Waals surface area contributed by atoms with Crippen molar-refractivity contribution < 1.29 is 9.47 Å². The van der Waals surface area contributed by atoms with Gasteiger partial charge in [0.2, 0.25) is 0 Å². The largest absolute Gasteiger partial charge is 0.380 e. The minimum atomic E-state index is 0.464. The maximum absolute atomic E-state index is 5.45. The maximum Gasteiger partial charge on any atom is 0.185 e. The van der Waals surface area contributed by atoms with Gasteiger partial charge in [-0.3, -0.25) is 0 Å². The van der Waals surface area contributed by atoms with Crippen molar-refractivity contribution in [1.29, 1.82) is 0 Å². The summed E-state index contributed by atoms with van der Waals surface area (Å²) >= 11 is 1.75. The molecule has 0 aliphatic carbocycles. The van der Waals surface area contributed by atoms with Crippen LogP contribution < -0.4 is 10.2 Å². The lowest BCUT2D eigenvalue weighted by molar-refractivity contribution is 0.154. The Labute approximate surface area is 132 Å². The molecule has 0 unspecified atom stereocenters. The molecule has 0 atom stereocenters. The first-order chi connectivity index (χ1) is 10.1. The minimum absolute atomic E-state index is 0.464. The van der Waals surface area contributed by atoms with Crippen LogP contribution in [0.2, 0.25) is 0 Å². The van der Waals surface area contributed by atoms with E-state index in [4.69, 9.17) is 14.5 Å². The number of thiazole rings is 1. The van der Waals surface area contributed by atoms with E-state index in [0.29, 0.717) is 12.6 Å². The quantitative estimate of drug-likeness (QED) is 0.636. The normalized spacial score (nSPS) is 11.3. The molecule has 5 nitrogen and oxygen atoms in total. The second-order valence-corrected chi connectivity index (χ2v) is 6.17. The number of likely N-dealkylation sites (N-methyl/N-ethyl adjacent to an activating group) is 1. The number of nitrogens with zero attached hydrogens (tertiary/aromatic N) is 2. The Morgan fingerprint density at radius 2 is 2.10 bits per heavy atom. The average Bonchev–Trinajstić information content (AvgIpc) is 2.85. The minimum Gasteiger partial charge on any atom is -0.380 e. The van der Waals surface area contributed by atoms with Gasteiger partial charge in [0.15, 0.2) is 5.13 Å². The second kappa shape index (κ2) is 10.1. The number of nitrogens with one attached hydrogen (secondary N) is 1. The molecule has 0 aliphatic heterocycles. The Balaban J connectivity index is 2.77. The summed E-state index contributed by atoms with van der Waals surface area (Å²) in [7, 11) is 1.71. The van der Waals surface area contributed by atoms with Gasteiger partial charge in [0, 0.05) is 44.3 Å². The lowest BCUT2D eigenvalue weighted by Gasteiger charge is -2.19. The van der Waals surface area contributed by atoms with Gasteiger partial charge in [-0.15, -0.1) is 11.3 Å². The van der Waals surface area contributed by atoms with Crippen LogP contribution in [0.5, 0.6) is 0 Å². The monoisotopic (exact) mass is 315 g/mol. The van der Waals surface area contributed by atoms with Crippen molar-refractivity contribution in [3.8, 4) is 0 Å². The van der Waals surface area contributed by atoms with Crippen molar-refractivity contribution >= 4 is 16.5 Å². The van der Waals surface area contributed by atoms with Crippen molar-refractivity contribution in [2.75, 3.05) is 38.3 Å². The number of hydrogen-bond donors (Lipinski definition) is 1. The molecule has 0 amide bonds. The van der Waals surface area contributed by atoms with Crippen LogP contribution in [0.25, 0.3) is 0 Å². The van der Waals surface area contributed by atoms with Crippen LogP contribution in [0.1, 0.15) is 38.3 Å². The first-order valence-electron chi connectivity index (χ1n) is 7.65. The smallest absolute Gasteiger partial charge is 0.185 e. The Bertz CT molecular complexity index is 396. The maximum atomic E-state index is 5.45. The number of aromatic nitrogens is 1. The number of hydrogen-bond acceptors (Lipinski definition) is 6. The van der Waals surface area contributed by atoms with Crippen LogP contribution in [0.15, 0.2) is 0 Å². The number of methoxy groups -OCH3 is 1. The number of rotatable bonds is 11. The topological polar surface area (TPSA) is 46.6 Å². The fourth-order valence-corrected chi connectivity index (χ4v) is 3.00. The highest BCUT2D eigenvalue weighted by molar-refractivity contribution is 7.15. The van der Waals surface area contributed by atoms with Crippen LogP contribution in [0, 0.1) is 0 Å². The Kier molecular flexibility index (Phi) is 8.84. The zero-order valence-electron chi connectivity index (χ0n) is 13.9. The molecule has 0 aliphatic rings. The zero-order valence-corrected chi connectivity index (χ0v) is 14.8. The molecule has 1 N–H and O–H groups in total. The summed E-state index contributed by atoms with van der Waals surface area (Å²) in [6.07, 6.45) is 0. The lowest BCUT2D eigenvalue weighted by Crippen LogP contribution is -2.27. The summed E-state index contributed by atoms with van der Waals surface area (Å²) < 4.78 is 10.7. The van der Waals surface area contributed by atoms with E-state index < -0.39 is 0 Å². The first kappa shape index (κ1) is 18.4. The van der Waals surface area contributed by atoms with Crippen molar-refractivity contribution in [3.63, 3.8) is 0 Å². The van der Waals surface area contributed by atoms with Crippen molar-refractivity contribution in [2.24, 2.45) is 0 Å². The average molecular weight is 315 g/mol. The Morgan fingerprint density at radius 1 is 1.33 bits per heavy atom. The molecule has 6 heteroatoms. The van der Waals surface area contributed by atoms with Gasteiger partial charge in [-0.1, -0.05) is 13.8 Å². The highest BCUT2D eigenvalue weighted by Crippen LogP contribution is 2.27. The predicted molar refractivity (Wildman–Crippen MR) is 89.2 cm³/mol. The van der Waals surface area contributed by atoms with Crippen LogP contribution in [0.3, 0.4) is 0 Å². The van der Waals surface area contributed by atoms with Gasteiger partial charge >= 0.3 is 0 Å². The molecule has 0 radical (unpaired) electrons. The van der Waals surface area contributed by atoms with Crippen molar-refractivity contribution in [2.45, 2.75) is 46.9 Å². The van der Waals surface area contributed by atoms with Crippen molar-refractivity contribution in [1.82, 2.24) is 10.3 Å². The van der Waals surface area contributed by atoms with Gasteiger partial charge in [0.25, 0.3) is 0 Å². The SMILES string of the molecule is CCOCCN(CC)c1nc(COC)c(CNC(C)C)s1. The molecule has 0 bridgehead atoms. The molecule has 0 aromatic carbocycles. The lowest BCUT2D eigenvalue weighted by atomic mass is 10.3. The molecular formula is C15H29N3O2S. The summed E-state index contributed by atoms with van der Waals surface area (Å²) in [5.74, 6) is 0. The van der Waals surface area contributed by atoms with E-state index in [0.717, 1.165) is 43.7 Å². The molecule has 1 aromatic heterocycles. The molecule has 21 heavy (non-hydrogen) atoms. The van der Waals surface area contributed by atoms with Gasteiger partial charge in [-0.2, -0.15) is 0 Å². The molecule has 1 rings (SSSR count). The molecule has 1 heterocycles. The standard InChI is InChI=1S/C15H29N3O2S/c1-6-18(8-9-20-7-2)15-17-13(11-19-5)14(21-15)10-16-12(3)4/h12,16H,6-11H2,1-5H3. The van der Waals surface area contributed by atoms with Gasteiger partial charge < -0.3 is 19.7 Å². The molecule has 122 valence electrons. The molecular weight excluding hydrogens is 286 g/mol. The second-order valence-electron chi connectivity index (χ2n) is 5.11. The molecule has 0 saturated carbocycles. The van der Waals surface area contributed by atoms with E-state index in [1.165, 1.54) is 4.88 Å². The van der Waals surface area contributed by atoms with Gasteiger partial charge in [0.05, 0.1) is 18.9 Å².